The summed E-state index contributed by atoms with van der Waals surface area (Å²) in [7, 11) is 0. The molecule has 0 aliphatic carbocycles. The molecule has 0 fully saturated rings. The molecule has 110 valence electrons. The van der Waals surface area contributed by atoms with Crippen LogP contribution in [0.4, 0.5) is 5.13 Å². The molecule has 0 bridgehead atoms. The molecule has 1 atom stereocenters. The summed E-state index contributed by atoms with van der Waals surface area (Å²) < 4.78 is 1.83. The van der Waals surface area contributed by atoms with E-state index in [2.05, 4.69) is 64.8 Å². The van der Waals surface area contributed by atoms with Crippen molar-refractivity contribution in [1.29, 1.82) is 0 Å². The first kappa shape index (κ1) is 13.3. The van der Waals surface area contributed by atoms with Crippen molar-refractivity contribution < 1.29 is 0 Å². The first-order chi connectivity index (χ1) is 10.7. The summed E-state index contributed by atoms with van der Waals surface area (Å²) in [5.41, 5.74) is 2.27. The van der Waals surface area contributed by atoms with Crippen molar-refractivity contribution in [2.45, 2.75) is 19.9 Å². The minimum atomic E-state index is 0.183. The van der Waals surface area contributed by atoms with Crippen molar-refractivity contribution in [3.63, 3.8) is 0 Å². The van der Waals surface area contributed by atoms with Crippen LogP contribution >= 0.6 is 11.3 Å². The molecule has 4 aromatic rings. The van der Waals surface area contributed by atoms with E-state index in [1.165, 1.54) is 16.3 Å². The SMILES string of the molecule is Cc1cn2nc(NC(C)c3cccc4ccccc34)sc2n1. The zero-order valence-electron chi connectivity index (χ0n) is 12.4. The first-order valence-corrected chi connectivity index (χ1v) is 8.09. The molecule has 0 spiro atoms. The van der Waals surface area contributed by atoms with Gasteiger partial charge in [0.25, 0.3) is 0 Å². The van der Waals surface area contributed by atoms with E-state index in [9.17, 15) is 0 Å². The molecule has 2 aromatic heterocycles. The van der Waals surface area contributed by atoms with Gasteiger partial charge in [0.05, 0.1) is 17.9 Å². The number of imidazole rings is 1. The molecule has 0 saturated heterocycles. The van der Waals surface area contributed by atoms with E-state index < -0.39 is 0 Å². The lowest BCUT2D eigenvalue weighted by Gasteiger charge is -2.15. The molecule has 2 aromatic carbocycles. The van der Waals surface area contributed by atoms with Crippen molar-refractivity contribution in [2.75, 3.05) is 5.32 Å². The summed E-state index contributed by atoms with van der Waals surface area (Å²) in [4.78, 5) is 5.36. The Morgan fingerprint density at radius 2 is 1.95 bits per heavy atom. The minimum Gasteiger partial charge on any atom is -0.354 e. The van der Waals surface area contributed by atoms with Crippen molar-refractivity contribution in [3.05, 3.63) is 59.9 Å². The Balaban J connectivity index is 1.68. The Bertz CT molecular complexity index is 917. The molecule has 4 rings (SSSR count). The van der Waals surface area contributed by atoms with Crippen LogP contribution in [-0.2, 0) is 0 Å². The topological polar surface area (TPSA) is 42.2 Å². The van der Waals surface area contributed by atoms with Gasteiger partial charge in [-0.2, -0.15) is 0 Å². The predicted molar refractivity (Wildman–Crippen MR) is 91.6 cm³/mol. The number of aryl methyl sites for hydroxylation is 1. The number of rotatable bonds is 3. The van der Waals surface area contributed by atoms with Gasteiger partial charge < -0.3 is 5.32 Å². The van der Waals surface area contributed by atoms with Crippen molar-refractivity contribution in [1.82, 2.24) is 14.6 Å². The van der Waals surface area contributed by atoms with Crippen LogP contribution in [0, 0.1) is 6.92 Å². The van der Waals surface area contributed by atoms with Gasteiger partial charge in [0, 0.05) is 0 Å². The average Bonchev–Trinajstić information content (AvgIpc) is 3.03. The highest BCUT2D eigenvalue weighted by Gasteiger charge is 2.12. The summed E-state index contributed by atoms with van der Waals surface area (Å²) in [5, 5.41) is 11.5. The van der Waals surface area contributed by atoms with Gasteiger partial charge in [-0.25, -0.2) is 9.50 Å². The van der Waals surface area contributed by atoms with Crippen molar-refractivity contribution >= 4 is 32.2 Å². The van der Waals surface area contributed by atoms with Gasteiger partial charge in [-0.05, 0) is 30.2 Å². The number of nitrogens with one attached hydrogen (secondary N) is 1. The van der Waals surface area contributed by atoms with E-state index in [-0.39, 0.29) is 6.04 Å². The summed E-state index contributed by atoms with van der Waals surface area (Å²) in [6, 6.07) is 15.1. The third-order valence-electron chi connectivity index (χ3n) is 3.79. The van der Waals surface area contributed by atoms with Gasteiger partial charge in [0.1, 0.15) is 0 Å². The number of benzene rings is 2. The lowest BCUT2D eigenvalue weighted by atomic mass is 10.00. The van der Waals surface area contributed by atoms with E-state index in [1.807, 2.05) is 17.6 Å². The van der Waals surface area contributed by atoms with Crippen molar-refractivity contribution in [2.24, 2.45) is 0 Å². The Labute approximate surface area is 132 Å². The number of hydrogen-bond donors (Lipinski definition) is 1. The summed E-state index contributed by atoms with van der Waals surface area (Å²) in [6.07, 6.45) is 1.94. The molecule has 1 unspecified atom stereocenters. The van der Waals surface area contributed by atoms with Gasteiger partial charge in [-0.3, -0.25) is 0 Å². The lowest BCUT2D eigenvalue weighted by Crippen LogP contribution is -2.07. The van der Waals surface area contributed by atoms with Crippen LogP contribution in [0.3, 0.4) is 0 Å². The Morgan fingerprint density at radius 3 is 2.82 bits per heavy atom. The molecule has 0 radical (unpaired) electrons. The number of hydrogen-bond acceptors (Lipinski definition) is 4. The molecule has 0 aliphatic rings. The van der Waals surface area contributed by atoms with E-state index in [0.717, 1.165) is 15.8 Å². The highest BCUT2D eigenvalue weighted by molar-refractivity contribution is 7.20. The van der Waals surface area contributed by atoms with Crippen LogP contribution in [0.25, 0.3) is 15.7 Å². The quantitative estimate of drug-likeness (QED) is 0.609. The van der Waals surface area contributed by atoms with Gasteiger partial charge >= 0.3 is 0 Å². The number of nitrogens with zero attached hydrogens (tertiary/aromatic N) is 3. The van der Waals surface area contributed by atoms with Crippen LogP contribution in [-0.4, -0.2) is 14.6 Å². The highest BCUT2D eigenvalue weighted by Crippen LogP contribution is 2.28. The largest absolute Gasteiger partial charge is 0.354 e. The lowest BCUT2D eigenvalue weighted by molar-refractivity contribution is 0.870. The maximum absolute atomic E-state index is 4.54. The van der Waals surface area contributed by atoms with Gasteiger partial charge in [0.2, 0.25) is 10.1 Å². The maximum atomic E-state index is 4.54. The van der Waals surface area contributed by atoms with E-state index in [1.54, 1.807) is 11.3 Å². The molecule has 0 saturated carbocycles. The summed E-state index contributed by atoms with van der Waals surface area (Å²) in [5.74, 6) is 0. The number of anilines is 1. The molecule has 0 amide bonds. The van der Waals surface area contributed by atoms with Crippen LogP contribution in [0.5, 0.6) is 0 Å². The highest BCUT2D eigenvalue weighted by atomic mass is 32.1. The zero-order valence-corrected chi connectivity index (χ0v) is 13.3. The van der Waals surface area contributed by atoms with Gasteiger partial charge in [0.15, 0.2) is 0 Å². The normalized spacial score (nSPS) is 12.8. The molecule has 0 aliphatic heterocycles. The van der Waals surface area contributed by atoms with E-state index in [4.69, 9.17) is 0 Å². The zero-order chi connectivity index (χ0) is 15.1. The van der Waals surface area contributed by atoms with Gasteiger partial charge in [-0.15, -0.1) is 5.10 Å². The second-order valence-electron chi connectivity index (χ2n) is 5.45. The Morgan fingerprint density at radius 1 is 1.14 bits per heavy atom. The summed E-state index contributed by atoms with van der Waals surface area (Å²) >= 11 is 1.58. The van der Waals surface area contributed by atoms with Gasteiger partial charge in [-0.1, -0.05) is 53.8 Å². The monoisotopic (exact) mass is 308 g/mol. The molecular formula is C17H16N4S. The van der Waals surface area contributed by atoms with Crippen LogP contribution in [0.2, 0.25) is 0 Å². The molecular weight excluding hydrogens is 292 g/mol. The number of aromatic nitrogens is 3. The molecule has 1 N–H and O–H groups in total. The second kappa shape index (κ2) is 5.10. The van der Waals surface area contributed by atoms with Crippen LogP contribution in [0.15, 0.2) is 48.7 Å². The van der Waals surface area contributed by atoms with Crippen molar-refractivity contribution in [3.8, 4) is 0 Å². The minimum absolute atomic E-state index is 0.183. The fourth-order valence-electron chi connectivity index (χ4n) is 2.76. The van der Waals surface area contributed by atoms with Crippen LogP contribution in [0.1, 0.15) is 24.2 Å². The standard InChI is InChI=1S/C17H16N4S/c1-11-10-21-17(18-11)22-16(20-21)19-12(2)14-9-5-7-13-6-3-4-8-15(13)14/h3-10,12H,1-2H3,(H,19,20). The molecule has 2 heterocycles. The predicted octanol–water partition coefficient (Wildman–Crippen LogP) is 4.43. The third-order valence-corrected chi connectivity index (χ3v) is 4.65. The first-order valence-electron chi connectivity index (χ1n) is 7.28. The Hall–Kier alpha value is -2.40. The summed E-state index contributed by atoms with van der Waals surface area (Å²) in [6.45, 7) is 4.14. The number of fused-ring (bicyclic) bond motifs is 2. The third kappa shape index (κ3) is 2.23. The second-order valence-corrected chi connectivity index (χ2v) is 6.41. The van der Waals surface area contributed by atoms with Crippen LogP contribution < -0.4 is 5.32 Å². The molecule has 5 heteroatoms. The fourth-order valence-corrected chi connectivity index (χ4v) is 3.67. The Kier molecular flexibility index (Phi) is 3.08. The smallest absolute Gasteiger partial charge is 0.214 e. The average molecular weight is 308 g/mol. The maximum Gasteiger partial charge on any atom is 0.214 e. The fraction of sp³-hybridized carbons (Fsp3) is 0.176. The van der Waals surface area contributed by atoms with E-state index in [0.29, 0.717) is 0 Å². The molecule has 22 heavy (non-hydrogen) atoms. The van der Waals surface area contributed by atoms with E-state index >= 15 is 0 Å². The molecule has 4 nitrogen and oxygen atoms in total.